The maximum atomic E-state index is 13.1. The topological polar surface area (TPSA) is 89.8 Å². The first kappa shape index (κ1) is 21.6. The van der Waals surface area contributed by atoms with Gasteiger partial charge in [-0.15, -0.1) is 10.2 Å². The normalized spacial score (nSPS) is 12.8. The van der Waals surface area contributed by atoms with Gasteiger partial charge in [-0.25, -0.2) is 0 Å². The zero-order chi connectivity index (χ0) is 22.3. The van der Waals surface area contributed by atoms with Gasteiger partial charge in [0.25, 0.3) is 0 Å². The van der Waals surface area contributed by atoms with Crippen LogP contribution in [0.4, 0.5) is 5.69 Å². The fourth-order valence-electron chi connectivity index (χ4n) is 3.15. The van der Waals surface area contributed by atoms with E-state index < -0.39 is 10.8 Å². The molecule has 0 spiro atoms. The van der Waals surface area contributed by atoms with Crippen molar-refractivity contribution in [2.75, 3.05) is 0 Å². The summed E-state index contributed by atoms with van der Waals surface area (Å²) >= 11 is 5.27. The first-order chi connectivity index (χ1) is 15.6. The standard InChI is InChI=1S/C24H20N4O2S2/c29-23-22(19-13-7-8-14-20(19)26-23)27-28-24(31)25-15-21(18-11-5-2-6-12-18)32(30)16-17-9-3-1-4-10-17/h1-15,26,29H,16H2,(H,25,31)/b21-15+,28-27?. The van der Waals surface area contributed by atoms with Gasteiger partial charge in [0, 0.05) is 11.6 Å². The lowest BCUT2D eigenvalue weighted by Gasteiger charge is -2.09. The molecule has 8 heteroatoms. The molecule has 0 saturated carbocycles. The van der Waals surface area contributed by atoms with Crippen molar-refractivity contribution in [3.63, 3.8) is 0 Å². The Morgan fingerprint density at radius 3 is 2.41 bits per heavy atom. The fourth-order valence-corrected chi connectivity index (χ4v) is 4.49. The molecule has 4 aromatic rings. The predicted octanol–water partition coefficient (Wildman–Crippen LogP) is 5.78. The Balaban J connectivity index is 1.54. The molecular formula is C24H20N4O2S2. The molecule has 1 atom stereocenters. The van der Waals surface area contributed by atoms with E-state index in [2.05, 4.69) is 20.5 Å². The number of nitrogens with one attached hydrogen (secondary N) is 2. The summed E-state index contributed by atoms with van der Waals surface area (Å²) in [5.41, 5.74) is 2.86. The molecule has 0 aliphatic rings. The second-order valence-corrected chi connectivity index (χ2v) is 8.67. The Bertz CT molecular complexity index is 1320. The van der Waals surface area contributed by atoms with Crippen LogP contribution in [0.1, 0.15) is 11.1 Å². The van der Waals surface area contributed by atoms with E-state index >= 15 is 0 Å². The van der Waals surface area contributed by atoms with Crippen LogP contribution in [0.5, 0.6) is 5.88 Å². The van der Waals surface area contributed by atoms with E-state index in [1.54, 1.807) is 6.20 Å². The van der Waals surface area contributed by atoms with Gasteiger partial charge in [0.15, 0.2) is 5.69 Å². The summed E-state index contributed by atoms with van der Waals surface area (Å²) < 4.78 is 13.1. The number of para-hydroxylation sites is 1. The number of nitrogens with zero attached hydrogens (tertiary/aromatic N) is 2. The highest BCUT2D eigenvalue weighted by atomic mass is 32.2. The molecule has 4 rings (SSSR count). The maximum absolute atomic E-state index is 13.1. The summed E-state index contributed by atoms with van der Waals surface area (Å²) in [6.45, 7) is 0. The van der Waals surface area contributed by atoms with Gasteiger partial charge in [0.1, 0.15) is 0 Å². The number of hydrogen-bond acceptors (Lipinski definition) is 4. The molecule has 0 bridgehead atoms. The zero-order valence-corrected chi connectivity index (χ0v) is 18.6. The highest BCUT2D eigenvalue weighted by Crippen LogP contribution is 2.35. The highest BCUT2D eigenvalue weighted by Gasteiger charge is 2.12. The van der Waals surface area contributed by atoms with Crippen LogP contribution < -0.4 is 5.32 Å². The first-order valence-electron chi connectivity index (χ1n) is 9.81. The smallest absolute Gasteiger partial charge is 0.218 e. The van der Waals surface area contributed by atoms with E-state index in [0.29, 0.717) is 16.3 Å². The second-order valence-electron chi connectivity index (χ2n) is 6.87. The van der Waals surface area contributed by atoms with E-state index in [-0.39, 0.29) is 11.0 Å². The molecule has 0 radical (unpaired) electrons. The molecule has 1 heterocycles. The second kappa shape index (κ2) is 10.1. The van der Waals surface area contributed by atoms with E-state index in [1.807, 2.05) is 84.9 Å². The van der Waals surface area contributed by atoms with Crippen molar-refractivity contribution in [2.24, 2.45) is 10.2 Å². The van der Waals surface area contributed by atoms with E-state index in [1.165, 1.54) is 0 Å². The summed E-state index contributed by atoms with van der Waals surface area (Å²) in [4.78, 5) is 3.45. The summed E-state index contributed by atoms with van der Waals surface area (Å²) in [5.74, 6) is 0.294. The summed E-state index contributed by atoms with van der Waals surface area (Å²) in [6.07, 6.45) is 1.60. The zero-order valence-electron chi connectivity index (χ0n) is 16.9. The average molecular weight is 461 g/mol. The Hall–Kier alpha value is -3.62. The van der Waals surface area contributed by atoms with Gasteiger partial charge < -0.3 is 15.4 Å². The van der Waals surface area contributed by atoms with Crippen LogP contribution >= 0.6 is 12.2 Å². The Morgan fingerprint density at radius 2 is 1.66 bits per heavy atom. The van der Waals surface area contributed by atoms with Crippen LogP contribution in [-0.4, -0.2) is 19.4 Å². The molecular weight excluding hydrogens is 440 g/mol. The Kier molecular flexibility index (Phi) is 6.84. The largest absolute Gasteiger partial charge is 0.493 e. The number of benzene rings is 3. The van der Waals surface area contributed by atoms with Crippen molar-refractivity contribution in [1.82, 2.24) is 10.3 Å². The van der Waals surface area contributed by atoms with Crippen molar-refractivity contribution in [1.29, 1.82) is 0 Å². The number of azo groups is 1. The van der Waals surface area contributed by atoms with E-state index in [0.717, 1.165) is 22.0 Å². The molecule has 3 N–H and O–H groups in total. The molecule has 0 aliphatic heterocycles. The number of fused-ring (bicyclic) bond motifs is 1. The van der Waals surface area contributed by atoms with Crippen LogP contribution in [0, 0.1) is 0 Å². The Morgan fingerprint density at radius 1 is 1.00 bits per heavy atom. The summed E-state index contributed by atoms with van der Waals surface area (Å²) in [6, 6.07) is 26.5. The Labute approximate surface area is 193 Å². The van der Waals surface area contributed by atoms with Crippen LogP contribution in [0.15, 0.2) is 101 Å². The van der Waals surface area contributed by atoms with Crippen LogP contribution in [0.25, 0.3) is 15.8 Å². The van der Waals surface area contributed by atoms with Crippen molar-refractivity contribution < 1.29 is 9.32 Å². The molecule has 160 valence electrons. The quantitative estimate of drug-likeness (QED) is 0.251. The summed E-state index contributed by atoms with van der Waals surface area (Å²) in [7, 11) is -1.31. The maximum Gasteiger partial charge on any atom is 0.218 e. The van der Waals surface area contributed by atoms with Crippen molar-refractivity contribution >= 4 is 49.6 Å². The molecule has 6 nitrogen and oxygen atoms in total. The molecule has 0 aliphatic carbocycles. The predicted molar refractivity (Wildman–Crippen MR) is 133 cm³/mol. The molecule has 32 heavy (non-hydrogen) atoms. The molecule has 1 aromatic heterocycles. The third kappa shape index (κ3) is 5.16. The first-order valence-corrected chi connectivity index (χ1v) is 11.5. The van der Waals surface area contributed by atoms with E-state index in [4.69, 9.17) is 12.2 Å². The van der Waals surface area contributed by atoms with Gasteiger partial charge in [-0.2, -0.15) is 0 Å². The average Bonchev–Trinajstić information content (AvgIpc) is 3.14. The molecule has 0 saturated heterocycles. The van der Waals surface area contributed by atoms with Gasteiger partial charge in [0.05, 0.1) is 27.0 Å². The highest BCUT2D eigenvalue weighted by molar-refractivity contribution is 7.93. The van der Waals surface area contributed by atoms with Gasteiger partial charge in [-0.1, -0.05) is 78.9 Å². The van der Waals surface area contributed by atoms with Crippen LogP contribution in [0.3, 0.4) is 0 Å². The molecule has 3 aromatic carbocycles. The SMILES string of the molecule is O=S(Cc1ccccc1)/C(=C/NC(=S)N=Nc1c(O)[nH]c2ccccc12)c1ccccc1. The number of thiocarbonyl (C=S) groups is 1. The van der Waals surface area contributed by atoms with Crippen LogP contribution in [-0.2, 0) is 16.6 Å². The van der Waals surface area contributed by atoms with E-state index in [9.17, 15) is 9.32 Å². The molecule has 0 amide bonds. The van der Waals surface area contributed by atoms with Crippen LogP contribution in [0.2, 0.25) is 0 Å². The van der Waals surface area contributed by atoms with Gasteiger partial charge in [0.2, 0.25) is 11.0 Å². The van der Waals surface area contributed by atoms with Gasteiger partial charge in [-0.3, -0.25) is 4.21 Å². The minimum Gasteiger partial charge on any atom is -0.493 e. The third-order valence-electron chi connectivity index (χ3n) is 4.67. The monoisotopic (exact) mass is 460 g/mol. The minimum absolute atomic E-state index is 0.0813. The van der Waals surface area contributed by atoms with Crippen molar-refractivity contribution in [3.05, 3.63) is 102 Å². The molecule has 1 unspecified atom stereocenters. The number of aromatic amines is 1. The number of aromatic hydroxyl groups is 1. The lowest BCUT2D eigenvalue weighted by atomic mass is 10.2. The molecule has 0 fully saturated rings. The summed E-state index contributed by atoms with van der Waals surface area (Å²) in [5, 5.41) is 21.9. The lowest BCUT2D eigenvalue weighted by molar-refractivity contribution is 0.459. The number of hydrogen-bond donors (Lipinski definition) is 3. The van der Waals surface area contributed by atoms with Gasteiger partial charge >= 0.3 is 0 Å². The minimum atomic E-state index is -1.31. The third-order valence-corrected chi connectivity index (χ3v) is 6.31. The number of H-pyrrole nitrogens is 1. The van der Waals surface area contributed by atoms with Gasteiger partial charge in [-0.05, 0) is 29.4 Å². The van der Waals surface area contributed by atoms with Crippen molar-refractivity contribution in [2.45, 2.75) is 5.75 Å². The fraction of sp³-hybridized carbons (Fsp3) is 0.0417. The number of aromatic nitrogens is 1. The van der Waals surface area contributed by atoms with Crippen molar-refractivity contribution in [3.8, 4) is 5.88 Å². The number of rotatable bonds is 6. The lowest BCUT2D eigenvalue weighted by Crippen LogP contribution is -2.13.